The average molecular weight is 540 g/mol. The summed E-state index contributed by atoms with van der Waals surface area (Å²) in [5.74, 6) is 1.17. The highest BCUT2D eigenvalue weighted by atomic mass is 16.6. The molecule has 2 amide bonds. The van der Waals surface area contributed by atoms with Gasteiger partial charge in [0, 0.05) is 50.5 Å². The lowest BCUT2D eigenvalue weighted by Gasteiger charge is -2.30. The number of rotatable bonds is 8. The molecule has 0 spiro atoms. The van der Waals surface area contributed by atoms with Crippen molar-refractivity contribution in [2.24, 2.45) is 11.8 Å². The third-order valence-electron chi connectivity index (χ3n) is 8.73. The van der Waals surface area contributed by atoms with Crippen molar-refractivity contribution in [3.05, 3.63) is 89.5 Å². The molecular formula is C33H37N3O4. The standard InChI is InChI=1S/C33H37N3O4/c37-17-13-23-10-11-30-25(18-23)12-14-36(32(30)38)16-15-35-21-26-19-28(20-27(26)22-35)40-33(39)34-31-9-5-4-8-29(31)24-6-2-1-3-7-24/h1-11,18,26-28,37H,12-17,19-22H2,(H,34,39)/t26-,27+,28?. The van der Waals surface area contributed by atoms with Crippen LogP contribution in [0, 0.1) is 11.8 Å². The quantitative estimate of drug-likeness (QED) is 0.428. The Kier molecular flexibility index (Phi) is 7.84. The lowest BCUT2D eigenvalue weighted by molar-refractivity contribution is 0.0720. The molecule has 3 aromatic carbocycles. The molecule has 2 heterocycles. The summed E-state index contributed by atoms with van der Waals surface area (Å²) in [7, 11) is 0. The largest absolute Gasteiger partial charge is 0.446 e. The molecule has 3 aliphatic rings. The number of anilines is 1. The highest BCUT2D eigenvalue weighted by molar-refractivity contribution is 5.97. The Morgan fingerprint density at radius 2 is 1.68 bits per heavy atom. The number of benzene rings is 3. The summed E-state index contributed by atoms with van der Waals surface area (Å²) in [4.78, 5) is 30.3. The van der Waals surface area contributed by atoms with Gasteiger partial charge in [0.15, 0.2) is 0 Å². The number of nitrogens with zero attached hydrogens (tertiary/aromatic N) is 2. The molecule has 1 aliphatic carbocycles. The molecule has 7 nitrogen and oxygen atoms in total. The third kappa shape index (κ3) is 5.76. The molecule has 7 heteroatoms. The maximum atomic E-state index is 13.1. The fourth-order valence-electron chi connectivity index (χ4n) is 6.72. The van der Waals surface area contributed by atoms with Gasteiger partial charge >= 0.3 is 6.09 Å². The molecule has 208 valence electrons. The summed E-state index contributed by atoms with van der Waals surface area (Å²) < 4.78 is 5.87. The van der Waals surface area contributed by atoms with E-state index >= 15 is 0 Å². The van der Waals surface area contributed by atoms with Crippen molar-refractivity contribution < 1.29 is 19.4 Å². The fraction of sp³-hybridized carbons (Fsp3) is 0.394. The smallest absolute Gasteiger partial charge is 0.411 e. The highest BCUT2D eigenvalue weighted by Crippen LogP contribution is 2.39. The van der Waals surface area contributed by atoms with E-state index < -0.39 is 6.09 Å². The molecule has 3 atom stereocenters. The van der Waals surface area contributed by atoms with Crippen LogP contribution in [0.15, 0.2) is 72.8 Å². The minimum atomic E-state index is -0.391. The molecule has 0 radical (unpaired) electrons. The van der Waals surface area contributed by atoms with Gasteiger partial charge in [-0.1, -0.05) is 60.7 Å². The number of aliphatic hydroxyl groups excluding tert-OH is 1. The van der Waals surface area contributed by atoms with E-state index in [0.29, 0.717) is 18.3 Å². The normalized spacial score (nSPS) is 22.2. The molecule has 1 saturated carbocycles. The maximum Gasteiger partial charge on any atom is 0.411 e. The van der Waals surface area contributed by atoms with Gasteiger partial charge in [-0.2, -0.15) is 0 Å². The van der Waals surface area contributed by atoms with Gasteiger partial charge < -0.3 is 19.6 Å². The zero-order valence-electron chi connectivity index (χ0n) is 22.8. The SMILES string of the molecule is O=C(Nc1ccccc1-c1ccccc1)OC1C[C@@H]2CN(CCN3CCc4cc(CCO)ccc4C3=O)C[C@@H]2C1. The summed E-state index contributed by atoms with van der Waals surface area (Å²) in [6, 6.07) is 23.8. The van der Waals surface area contributed by atoms with Crippen LogP contribution in [0.5, 0.6) is 0 Å². The van der Waals surface area contributed by atoms with Crippen LogP contribution in [0.3, 0.4) is 0 Å². The lowest BCUT2D eigenvalue weighted by Crippen LogP contribution is -2.42. The number of ether oxygens (including phenoxy) is 1. The number of carbonyl (C=O) groups excluding carboxylic acids is 2. The van der Waals surface area contributed by atoms with Crippen LogP contribution < -0.4 is 5.32 Å². The lowest BCUT2D eigenvalue weighted by atomic mass is 9.96. The fourth-order valence-corrected chi connectivity index (χ4v) is 6.72. The number of nitrogens with one attached hydrogen (secondary N) is 1. The van der Waals surface area contributed by atoms with Crippen molar-refractivity contribution in [2.75, 3.05) is 44.6 Å². The summed E-state index contributed by atoms with van der Waals surface area (Å²) in [6.07, 6.45) is 2.82. The van der Waals surface area contributed by atoms with Crippen molar-refractivity contribution in [1.82, 2.24) is 9.80 Å². The summed E-state index contributed by atoms with van der Waals surface area (Å²) >= 11 is 0. The van der Waals surface area contributed by atoms with Gasteiger partial charge in [0.25, 0.3) is 5.91 Å². The Labute approximate surface area is 235 Å². The molecule has 2 fully saturated rings. The molecule has 1 saturated heterocycles. The van der Waals surface area contributed by atoms with Crippen LogP contribution >= 0.6 is 0 Å². The van der Waals surface area contributed by atoms with Gasteiger partial charge in [-0.15, -0.1) is 0 Å². The van der Waals surface area contributed by atoms with E-state index in [2.05, 4.69) is 16.3 Å². The molecule has 0 aromatic heterocycles. The Balaban J connectivity index is 0.967. The number of hydrogen-bond donors (Lipinski definition) is 2. The molecular weight excluding hydrogens is 502 g/mol. The van der Waals surface area contributed by atoms with Gasteiger partial charge in [0.1, 0.15) is 6.10 Å². The molecule has 6 rings (SSSR count). The van der Waals surface area contributed by atoms with Crippen molar-refractivity contribution in [1.29, 1.82) is 0 Å². The Morgan fingerprint density at radius 1 is 0.925 bits per heavy atom. The van der Waals surface area contributed by atoms with E-state index in [1.807, 2.05) is 71.6 Å². The van der Waals surface area contributed by atoms with E-state index in [4.69, 9.17) is 4.74 Å². The first-order chi connectivity index (χ1) is 19.6. The number of amides is 2. The van der Waals surface area contributed by atoms with Gasteiger partial charge in [0.05, 0.1) is 5.69 Å². The highest BCUT2D eigenvalue weighted by Gasteiger charge is 2.42. The second kappa shape index (κ2) is 11.8. The van der Waals surface area contributed by atoms with E-state index in [0.717, 1.165) is 85.5 Å². The van der Waals surface area contributed by atoms with Gasteiger partial charge in [-0.3, -0.25) is 10.1 Å². The summed E-state index contributed by atoms with van der Waals surface area (Å²) in [5, 5.41) is 12.2. The van der Waals surface area contributed by atoms with Crippen molar-refractivity contribution in [2.45, 2.75) is 31.8 Å². The number of hydrogen-bond acceptors (Lipinski definition) is 5. The van der Waals surface area contributed by atoms with Crippen LogP contribution in [0.1, 0.15) is 34.3 Å². The topological polar surface area (TPSA) is 82.1 Å². The minimum absolute atomic E-state index is 0.0584. The second-order valence-electron chi connectivity index (χ2n) is 11.3. The van der Waals surface area contributed by atoms with Crippen LogP contribution in [-0.4, -0.2) is 72.3 Å². The van der Waals surface area contributed by atoms with E-state index in [1.54, 1.807) is 0 Å². The van der Waals surface area contributed by atoms with Crippen LogP contribution in [0.4, 0.5) is 10.5 Å². The Morgan fingerprint density at radius 3 is 2.45 bits per heavy atom. The second-order valence-corrected chi connectivity index (χ2v) is 11.3. The first kappa shape index (κ1) is 26.5. The Hall–Kier alpha value is -3.68. The molecule has 3 aromatic rings. The maximum absolute atomic E-state index is 13.1. The first-order valence-corrected chi connectivity index (χ1v) is 14.4. The van der Waals surface area contributed by atoms with E-state index in [9.17, 15) is 14.7 Å². The van der Waals surface area contributed by atoms with Crippen molar-refractivity contribution in [3.8, 4) is 11.1 Å². The molecule has 0 bridgehead atoms. The third-order valence-corrected chi connectivity index (χ3v) is 8.73. The number of aliphatic hydroxyl groups is 1. The Bertz CT molecular complexity index is 1350. The van der Waals surface area contributed by atoms with Crippen molar-refractivity contribution in [3.63, 3.8) is 0 Å². The number of carbonyl (C=O) groups is 2. The monoisotopic (exact) mass is 539 g/mol. The van der Waals surface area contributed by atoms with Crippen LogP contribution in [0.2, 0.25) is 0 Å². The van der Waals surface area contributed by atoms with Gasteiger partial charge in [0.2, 0.25) is 0 Å². The first-order valence-electron chi connectivity index (χ1n) is 14.4. The van der Waals surface area contributed by atoms with E-state index in [1.165, 1.54) is 0 Å². The number of fused-ring (bicyclic) bond motifs is 2. The summed E-state index contributed by atoms with van der Waals surface area (Å²) in [6.45, 7) is 4.46. The zero-order chi connectivity index (χ0) is 27.5. The molecule has 2 N–H and O–H groups in total. The van der Waals surface area contributed by atoms with Crippen LogP contribution in [-0.2, 0) is 17.6 Å². The number of likely N-dealkylation sites (tertiary alicyclic amines) is 1. The van der Waals surface area contributed by atoms with Crippen molar-refractivity contribution >= 4 is 17.7 Å². The van der Waals surface area contributed by atoms with Crippen LogP contribution in [0.25, 0.3) is 11.1 Å². The molecule has 2 aliphatic heterocycles. The molecule has 1 unspecified atom stereocenters. The summed E-state index contributed by atoms with van der Waals surface area (Å²) in [5.41, 5.74) is 5.77. The average Bonchev–Trinajstić information content (AvgIpc) is 3.52. The minimum Gasteiger partial charge on any atom is -0.446 e. The molecule has 40 heavy (non-hydrogen) atoms. The zero-order valence-corrected chi connectivity index (χ0v) is 22.8. The van der Waals surface area contributed by atoms with Gasteiger partial charge in [-0.25, -0.2) is 4.79 Å². The van der Waals surface area contributed by atoms with Gasteiger partial charge in [-0.05, 0) is 66.3 Å². The predicted molar refractivity (Wildman–Crippen MR) is 155 cm³/mol. The number of para-hydroxylation sites is 1. The van der Waals surface area contributed by atoms with E-state index in [-0.39, 0.29) is 18.6 Å². The predicted octanol–water partition coefficient (Wildman–Crippen LogP) is 4.85.